The Labute approximate surface area is 120 Å². The summed E-state index contributed by atoms with van der Waals surface area (Å²) in [5.74, 6) is 1.10. The topological polar surface area (TPSA) is 12.0 Å². The van der Waals surface area contributed by atoms with Crippen LogP contribution in [0.3, 0.4) is 0 Å². The second kappa shape index (κ2) is 7.37. The van der Waals surface area contributed by atoms with Gasteiger partial charge in [0.2, 0.25) is 0 Å². The monoisotopic (exact) mass is 271 g/mol. The van der Waals surface area contributed by atoms with E-state index in [1.165, 1.54) is 16.0 Å². The summed E-state index contributed by atoms with van der Waals surface area (Å²) < 4.78 is 0. The first-order valence-corrected chi connectivity index (χ1v) is 7.72. The van der Waals surface area contributed by atoms with E-state index in [4.69, 9.17) is 0 Å². The van der Waals surface area contributed by atoms with E-state index in [9.17, 15) is 0 Å². The maximum absolute atomic E-state index is 3.59. The van der Waals surface area contributed by atoms with E-state index >= 15 is 0 Å². The third-order valence-corrected chi connectivity index (χ3v) is 4.23. The highest BCUT2D eigenvalue weighted by Crippen LogP contribution is 2.18. The SMILES string of the molecule is Cc1ccccc1[C@@H](C)NCCSc1ccccc1. The van der Waals surface area contributed by atoms with Crippen LogP contribution in [0, 0.1) is 6.92 Å². The highest BCUT2D eigenvalue weighted by atomic mass is 32.2. The van der Waals surface area contributed by atoms with Gasteiger partial charge in [-0.3, -0.25) is 0 Å². The highest BCUT2D eigenvalue weighted by Gasteiger charge is 2.06. The molecule has 2 aromatic carbocycles. The van der Waals surface area contributed by atoms with Crippen molar-refractivity contribution in [3.63, 3.8) is 0 Å². The van der Waals surface area contributed by atoms with Crippen LogP contribution in [0.5, 0.6) is 0 Å². The van der Waals surface area contributed by atoms with E-state index in [0.717, 1.165) is 12.3 Å². The van der Waals surface area contributed by atoms with Crippen LogP contribution < -0.4 is 5.32 Å². The van der Waals surface area contributed by atoms with Gasteiger partial charge < -0.3 is 5.32 Å². The van der Waals surface area contributed by atoms with E-state index in [1.54, 1.807) is 0 Å². The van der Waals surface area contributed by atoms with Crippen molar-refractivity contribution >= 4 is 11.8 Å². The summed E-state index contributed by atoms with van der Waals surface area (Å²) in [6, 6.07) is 19.6. The molecule has 2 heteroatoms. The van der Waals surface area contributed by atoms with E-state index in [2.05, 4.69) is 73.8 Å². The molecule has 0 saturated heterocycles. The van der Waals surface area contributed by atoms with Crippen LogP contribution in [0.2, 0.25) is 0 Å². The molecule has 100 valence electrons. The van der Waals surface area contributed by atoms with Gasteiger partial charge in [0.1, 0.15) is 0 Å². The predicted molar refractivity (Wildman–Crippen MR) is 84.8 cm³/mol. The number of benzene rings is 2. The fourth-order valence-electron chi connectivity index (χ4n) is 2.14. The van der Waals surface area contributed by atoms with E-state index < -0.39 is 0 Å². The Morgan fingerprint density at radius 1 is 1.00 bits per heavy atom. The molecule has 0 aliphatic rings. The van der Waals surface area contributed by atoms with Crippen LogP contribution in [0.15, 0.2) is 59.5 Å². The van der Waals surface area contributed by atoms with E-state index in [0.29, 0.717) is 6.04 Å². The molecule has 0 fully saturated rings. The number of hydrogen-bond acceptors (Lipinski definition) is 2. The van der Waals surface area contributed by atoms with Gasteiger partial charge in [-0.05, 0) is 37.1 Å². The highest BCUT2D eigenvalue weighted by molar-refractivity contribution is 7.99. The molecule has 0 spiro atoms. The Balaban J connectivity index is 1.76. The summed E-state index contributed by atoms with van der Waals surface area (Å²) >= 11 is 1.90. The summed E-state index contributed by atoms with van der Waals surface area (Å²) in [5.41, 5.74) is 2.76. The number of thioether (sulfide) groups is 1. The second-order valence-corrected chi connectivity index (χ2v) is 5.86. The van der Waals surface area contributed by atoms with Crippen molar-refractivity contribution in [2.75, 3.05) is 12.3 Å². The molecule has 0 saturated carbocycles. The Hall–Kier alpha value is -1.25. The van der Waals surface area contributed by atoms with Gasteiger partial charge in [-0.25, -0.2) is 0 Å². The maximum Gasteiger partial charge on any atom is 0.0294 e. The van der Waals surface area contributed by atoms with Gasteiger partial charge in [0.25, 0.3) is 0 Å². The molecule has 0 aliphatic heterocycles. The zero-order valence-electron chi connectivity index (χ0n) is 11.6. The first kappa shape index (κ1) is 14.2. The lowest BCUT2D eigenvalue weighted by atomic mass is 10.0. The summed E-state index contributed by atoms with van der Waals surface area (Å²) in [5, 5.41) is 3.59. The number of rotatable bonds is 6. The molecular formula is C17H21NS. The molecule has 0 amide bonds. The first-order chi connectivity index (χ1) is 9.27. The lowest BCUT2D eigenvalue weighted by Crippen LogP contribution is -2.21. The Kier molecular flexibility index (Phi) is 5.49. The van der Waals surface area contributed by atoms with Crippen molar-refractivity contribution < 1.29 is 0 Å². The summed E-state index contributed by atoms with van der Waals surface area (Å²) in [6.07, 6.45) is 0. The largest absolute Gasteiger partial charge is 0.309 e. The number of aryl methyl sites for hydroxylation is 1. The van der Waals surface area contributed by atoms with E-state index in [1.807, 2.05) is 11.8 Å². The quantitative estimate of drug-likeness (QED) is 0.616. The molecule has 2 rings (SSSR count). The van der Waals surface area contributed by atoms with Gasteiger partial charge in [-0.1, -0.05) is 42.5 Å². The number of nitrogens with one attached hydrogen (secondary N) is 1. The fourth-order valence-corrected chi connectivity index (χ4v) is 2.95. The molecule has 0 aliphatic carbocycles. The molecule has 0 heterocycles. The third-order valence-electron chi connectivity index (χ3n) is 3.22. The summed E-state index contributed by atoms with van der Waals surface area (Å²) in [6.45, 7) is 5.43. The van der Waals surface area contributed by atoms with Crippen LogP contribution in [0.1, 0.15) is 24.1 Å². The van der Waals surface area contributed by atoms with Crippen LogP contribution >= 0.6 is 11.8 Å². The Morgan fingerprint density at radius 3 is 2.42 bits per heavy atom. The Morgan fingerprint density at radius 2 is 1.68 bits per heavy atom. The standard InChI is InChI=1S/C17H21NS/c1-14-8-6-7-11-17(14)15(2)18-12-13-19-16-9-4-3-5-10-16/h3-11,15,18H,12-13H2,1-2H3/t15-/m1/s1. The van der Waals surface area contributed by atoms with Crippen LogP contribution in [-0.4, -0.2) is 12.3 Å². The maximum atomic E-state index is 3.59. The van der Waals surface area contributed by atoms with Crippen molar-refractivity contribution in [3.05, 3.63) is 65.7 Å². The van der Waals surface area contributed by atoms with Gasteiger partial charge in [0.05, 0.1) is 0 Å². The lowest BCUT2D eigenvalue weighted by molar-refractivity contribution is 0.598. The van der Waals surface area contributed by atoms with Crippen LogP contribution in [0.4, 0.5) is 0 Å². The molecule has 0 bridgehead atoms. The summed E-state index contributed by atoms with van der Waals surface area (Å²) in [7, 11) is 0. The van der Waals surface area contributed by atoms with Crippen molar-refractivity contribution in [1.29, 1.82) is 0 Å². The molecule has 0 aromatic heterocycles. The molecule has 0 radical (unpaired) electrons. The second-order valence-electron chi connectivity index (χ2n) is 4.69. The smallest absolute Gasteiger partial charge is 0.0294 e. The fraction of sp³-hybridized carbons (Fsp3) is 0.294. The molecule has 1 nitrogen and oxygen atoms in total. The van der Waals surface area contributed by atoms with Crippen LogP contribution in [0.25, 0.3) is 0 Å². The first-order valence-electron chi connectivity index (χ1n) is 6.74. The molecule has 0 unspecified atom stereocenters. The lowest BCUT2D eigenvalue weighted by Gasteiger charge is -2.16. The minimum absolute atomic E-state index is 0.414. The van der Waals surface area contributed by atoms with Gasteiger partial charge in [0.15, 0.2) is 0 Å². The Bertz CT molecular complexity index is 496. The average molecular weight is 271 g/mol. The van der Waals surface area contributed by atoms with Crippen molar-refractivity contribution in [2.45, 2.75) is 24.8 Å². The van der Waals surface area contributed by atoms with Crippen molar-refractivity contribution in [1.82, 2.24) is 5.32 Å². The molecule has 1 atom stereocenters. The average Bonchev–Trinajstić information content (AvgIpc) is 2.45. The summed E-state index contributed by atoms with van der Waals surface area (Å²) in [4.78, 5) is 1.34. The normalized spacial score (nSPS) is 12.3. The minimum Gasteiger partial charge on any atom is -0.309 e. The van der Waals surface area contributed by atoms with E-state index in [-0.39, 0.29) is 0 Å². The third kappa shape index (κ3) is 4.41. The van der Waals surface area contributed by atoms with Crippen LogP contribution in [-0.2, 0) is 0 Å². The molecule has 19 heavy (non-hydrogen) atoms. The van der Waals surface area contributed by atoms with Gasteiger partial charge in [-0.15, -0.1) is 11.8 Å². The zero-order valence-corrected chi connectivity index (χ0v) is 12.4. The van der Waals surface area contributed by atoms with Gasteiger partial charge >= 0.3 is 0 Å². The molecular weight excluding hydrogens is 250 g/mol. The number of hydrogen-bond donors (Lipinski definition) is 1. The van der Waals surface area contributed by atoms with Crippen molar-refractivity contribution in [2.24, 2.45) is 0 Å². The molecule has 2 aromatic rings. The predicted octanol–water partition coefficient (Wildman–Crippen LogP) is 4.44. The van der Waals surface area contributed by atoms with Crippen molar-refractivity contribution in [3.8, 4) is 0 Å². The van der Waals surface area contributed by atoms with Gasteiger partial charge in [0, 0.05) is 23.2 Å². The van der Waals surface area contributed by atoms with Gasteiger partial charge in [-0.2, -0.15) is 0 Å². The minimum atomic E-state index is 0.414. The zero-order chi connectivity index (χ0) is 13.5. The molecule has 1 N–H and O–H groups in total.